The lowest BCUT2D eigenvalue weighted by atomic mass is 10.1. The van der Waals surface area contributed by atoms with Crippen molar-refractivity contribution in [2.24, 2.45) is 0 Å². The molecule has 3 nitrogen and oxygen atoms in total. The fourth-order valence-electron chi connectivity index (χ4n) is 1.53. The van der Waals surface area contributed by atoms with Crippen molar-refractivity contribution in [2.75, 3.05) is 7.11 Å². The maximum atomic E-state index is 11.7. The summed E-state index contributed by atoms with van der Waals surface area (Å²) in [5.74, 6) is 0.734. The number of carbonyl (C=O) groups excluding carboxylic acids is 2. The lowest BCUT2D eigenvalue weighted by molar-refractivity contribution is -0.107. The number of hydrogen-bond donors (Lipinski definition) is 0. The van der Waals surface area contributed by atoms with Crippen LogP contribution in [0.2, 0.25) is 0 Å². The molecule has 0 atom stereocenters. The Morgan fingerprint density at radius 3 is 2.44 bits per heavy atom. The molecule has 1 rings (SSSR count). The van der Waals surface area contributed by atoms with Gasteiger partial charge in [0.2, 0.25) is 0 Å². The first-order valence-corrected chi connectivity index (χ1v) is 6.06. The first-order valence-electron chi connectivity index (χ1n) is 6.06. The predicted molar refractivity (Wildman–Crippen MR) is 71.0 cm³/mol. The van der Waals surface area contributed by atoms with Gasteiger partial charge in [-0.05, 0) is 49.6 Å². The zero-order chi connectivity index (χ0) is 13.2. The van der Waals surface area contributed by atoms with Gasteiger partial charge in [0.05, 0.1) is 7.11 Å². The van der Waals surface area contributed by atoms with Gasteiger partial charge in [-0.15, -0.1) is 0 Å². The third kappa shape index (κ3) is 4.95. The van der Waals surface area contributed by atoms with Crippen LogP contribution < -0.4 is 4.74 Å². The van der Waals surface area contributed by atoms with Crippen molar-refractivity contribution in [1.29, 1.82) is 0 Å². The van der Waals surface area contributed by atoms with Gasteiger partial charge in [-0.1, -0.05) is 6.08 Å². The SMILES string of the molecule is COc1ccc(C(=O)/C=C/CCCCC=O)cc1. The molecule has 0 N–H and O–H groups in total. The lowest BCUT2D eigenvalue weighted by Crippen LogP contribution is -1.94. The molecule has 0 radical (unpaired) electrons. The molecule has 0 aliphatic carbocycles. The zero-order valence-electron chi connectivity index (χ0n) is 10.6. The summed E-state index contributed by atoms with van der Waals surface area (Å²) in [6.07, 6.45) is 7.61. The van der Waals surface area contributed by atoms with Crippen molar-refractivity contribution in [2.45, 2.75) is 25.7 Å². The molecular weight excluding hydrogens is 228 g/mol. The van der Waals surface area contributed by atoms with Crippen molar-refractivity contribution >= 4 is 12.1 Å². The summed E-state index contributed by atoms with van der Waals surface area (Å²) in [4.78, 5) is 21.9. The standard InChI is InChI=1S/C15H18O3/c1-18-14-10-8-13(9-11-14)15(17)7-5-3-2-4-6-12-16/h5,7-12H,2-4,6H2,1H3/b7-5+. The molecular formula is C15H18O3. The van der Waals surface area contributed by atoms with Crippen LogP contribution in [-0.2, 0) is 4.79 Å². The fraction of sp³-hybridized carbons (Fsp3) is 0.333. The molecule has 0 unspecified atom stereocenters. The Hall–Kier alpha value is -1.90. The second-order valence-corrected chi connectivity index (χ2v) is 3.95. The molecule has 0 aromatic heterocycles. The van der Waals surface area contributed by atoms with Gasteiger partial charge < -0.3 is 9.53 Å². The molecule has 0 saturated carbocycles. The molecule has 0 aliphatic heterocycles. The van der Waals surface area contributed by atoms with Gasteiger partial charge in [0.25, 0.3) is 0 Å². The van der Waals surface area contributed by atoms with Crippen LogP contribution in [-0.4, -0.2) is 19.2 Å². The minimum absolute atomic E-state index is 0.00644. The summed E-state index contributed by atoms with van der Waals surface area (Å²) in [5, 5.41) is 0. The van der Waals surface area contributed by atoms with Crippen LogP contribution in [0.5, 0.6) is 5.75 Å². The largest absolute Gasteiger partial charge is 0.497 e. The number of aldehydes is 1. The highest BCUT2D eigenvalue weighted by atomic mass is 16.5. The van der Waals surface area contributed by atoms with Crippen LogP contribution in [0, 0.1) is 0 Å². The van der Waals surface area contributed by atoms with Crippen LogP contribution >= 0.6 is 0 Å². The summed E-state index contributed by atoms with van der Waals surface area (Å²) in [7, 11) is 1.59. The molecule has 96 valence electrons. The highest BCUT2D eigenvalue weighted by Crippen LogP contribution is 2.12. The van der Waals surface area contributed by atoms with Gasteiger partial charge in [-0.2, -0.15) is 0 Å². The zero-order valence-corrected chi connectivity index (χ0v) is 10.6. The number of ketones is 1. The maximum Gasteiger partial charge on any atom is 0.185 e. The molecule has 1 aromatic rings. The van der Waals surface area contributed by atoms with Crippen LogP contribution in [0.25, 0.3) is 0 Å². The average molecular weight is 246 g/mol. The van der Waals surface area contributed by atoms with Crippen LogP contribution in [0.15, 0.2) is 36.4 Å². The van der Waals surface area contributed by atoms with Crippen LogP contribution in [0.1, 0.15) is 36.0 Å². The van der Waals surface area contributed by atoms with Crippen LogP contribution in [0.4, 0.5) is 0 Å². The van der Waals surface area contributed by atoms with E-state index in [1.54, 1.807) is 37.5 Å². The monoisotopic (exact) mass is 246 g/mol. The van der Waals surface area contributed by atoms with Gasteiger partial charge in [0, 0.05) is 12.0 Å². The molecule has 3 heteroatoms. The lowest BCUT2D eigenvalue weighted by Gasteiger charge is -2.00. The highest BCUT2D eigenvalue weighted by Gasteiger charge is 2.01. The fourth-order valence-corrected chi connectivity index (χ4v) is 1.53. The molecule has 0 spiro atoms. The van der Waals surface area contributed by atoms with Crippen molar-refractivity contribution in [1.82, 2.24) is 0 Å². The first-order chi connectivity index (χ1) is 8.77. The molecule has 0 amide bonds. The number of rotatable bonds is 8. The minimum Gasteiger partial charge on any atom is -0.497 e. The molecule has 0 aliphatic rings. The van der Waals surface area contributed by atoms with E-state index in [1.165, 1.54) is 0 Å². The Morgan fingerprint density at radius 2 is 1.83 bits per heavy atom. The number of methoxy groups -OCH3 is 1. The number of ether oxygens (including phenoxy) is 1. The van der Waals surface area contributed by atoms with Crippen molar-refractivity contribution in [3.05, 3.63) is 42.0 Å². The van der Waals surface area contributed by atoms with Gasteiger partial charge in [0.1, 0.15) is 12.0 Å². The molecule has 1 aromatic carbocycles. The highest BCUT2D eigenvalue weighted by molar-refractivity contribution is 6.04. The van der Waals surface area contributed by atoms with E-state index in [0.717, 1.165) is 31.3 Å². The Bertz CT molecular complexity index is 404. The molecule has 0 heterocycles. The van der Waals surface area contributed by atoms with E-state index in [4.69, 9.17) is 4.74 Å². The molecule has 0 saturated heterocycles. The minimum atomic E-state index is -0.00644. The van der Waals surface area contributed by atoms with E-state index >= 15 is 0 Å². The normalized spacial score (nSPS) is 10.5. The summed E-state index contributed by atoms with van der Waals surface area (Å²) < 4.78 is 5.03. The van der Waals surface area contributed by atoms with E-state index in [-0.39, 0.29) is 5.78 Å². The second kappa shape index (κ2) is 8.23. The average Bonchev–Trinajstić information content (AvgIpc) is 2.42. The van der Waals surface area contributed by atoms with Crippen LogP contribution in [0.3, 0.4) is 0 Å². The van der Waals surface area contributed by atoms with E-state index in [1.807, 2.05) is 6.08 Å². The van der Waals surface area contributed by atoms with Crippen molar-refractivity contribution in [3.63, 3.8) is 0 Å². The summed E-state index contributed by atoms with van der Waals surface area (Å²) >= 11 is 0. The molecule has 18 heavy (non-hydrogen) atoms. The number of unbranched alkanes of at least 4 members (excludes halogenated alkanes) is 3. The summed E-state index contributed by atoms with van der Waals surface area (Å²) in [6.45, 7) is 0. The number of benzene rings is 1. The van der Waals surface area contributed by atoms with E-state index in [0.29, 0.717) is 12.0 Å². The number of allylic oxidation sites excluding steroid dienone is 2. The topological polar surface area (TPSA) is 43.4 Å². The quantitative estimate of drug-likeness (QED) is 0.306. The number of carbonyl (C=O) groups is 2. The smallest absolute Gasteiger partial charge is 0.185 e. The third-order valence-corrected chi connectivity index (χ3v) is 2.59. The van der Waals surface area contributed by atoms with E-state index in [9.17, 15) is 9.59 Å². The molecule has 0 fully saturated rings. The summed E-state index contributed by atoms with van der Waals surface area (Å²) in [5.41, 5.74) is 0.653. The maximum absolute atomic E-state index is 11.7. The number of hydrogen-bond acceptors (Lipinski definition) is 3. The Kier molecular flexibility index (Phi) is 6.47. The van der Waals surface area contributed by atoms with Gasteiger partial charge in [-0.25, -0.2) is 0 Å². The van der Waals surface area contributed by atoms with Gasteiger partial charge in [-0.3, -0.25) is 4.79 Å². The van der Waals surface area contributed by atoms with Crippen molar-refractivity contribution < 1.29 is 14.3 Å². The van der Waals surface area contributed by atoms with Crippen molar-refractivity contribution in [3.8, 4) is 5.75 Å². The van der Waals surface area contributed by atoms with Gasteiger partial charge >= 0.3 is 0 Å². The van der Waals surface area contributed by atoms with Gasteiger partial charge in [0.15, 0.2) is 5.78 Å². The first kappa shape index (κ1) is 14.2. The Morgan fingerprint density at radius 1 is 1.17 bits per heavy atom. The van der Waals surface area contributed by atoms with E-state index < -0.39 is 0 Å². The summed E-state index contributed by atoms with van der Waals surface area (Å²) in [6, 6.07) is 7.03. The predicted octanol–water partition coefficient (Wildman–Crippen LogP) is 3.19. The third-order valence-electron chi connectivity index (χ3n) is 2.59. The Balaban J connectivity index is 2.39. The van der Waals surface area contributed by atoms with E-state index in [2.05, 4.69) is 0 Å². The Labute approximate surface area is 107 Å². The molecule has 0 bridgehead atoms. The second-order valence-electron chi connectivity index (χ2n) is 3.95.